The standard InChI is InChI=1S/C15H13Cl3FNO4.2C14H14FNO4/c1-20-11(21)6-10(8-2-4-9(19)5-3-8)12(13(20)22)14(23)24-7-15(16,17)18;2*1-16-11(17)7-10(8-3-5-9(15)6-4-8)12(13(16)18)14(19)20-2/h2-5,10,12H,6-7H2,1H3;2*3-6,10,12H,7H2,1-2H3. The van der Waals surface area contributed by atoms with E-state index in [2.05, 4.69) is 9.47 Å². The number of methoxy groups -OCH3 is 2. The second-order valence-corrected chi connectivity index (χ2v) is 17.2. The Labute approximate surface area is 379 Å². The van der Waals surface area contributed by atoms with Crippen molar-refractivity contribution in [2.45, 2.75) is 40.8 Å². The fraction of sp³-hybridized carbons (Fsp3) is 0.372. The van der Waals surface area contributed by atoms with Crippen molar-refractivity contribution < 1.29 is 70.5 Å². The molecule has 6 unspecified atom stereocenters. The predicted octanol–water partition coefficient (Wildman–Crippen LogP) is 5.00. The van der Waals surface area contributed by atoms with Gasteiger partial charge in [0.15, 0.2) is 0 Å². The van der Waals surface area contributed by atoms with Crippen LogP contribution in [0.5, 0.6) is 0 Å². The number of carbonyl (C=O) groups excluding carboxylic acids is 9. The molecule has 3 aromatic carbocycles. The van der Waals surface area contributed by atoms with E-state index in [1.807, 2.05) is 0 Å². The predicted molar refractivity (Wildman–Crippen MR) is 220 cm³/mol. The highest BCUT2D eigenvalue weighted by molar-refractivity contribution is 6.67. The van der Waals surface area contributed by atoms with Gasteiger partial charge in [-0.1, -0.05) is 71.2 Å². The summed E-state index contributed by atoms with van der Waals surface area (Å²) in [5, 5.41) is 0. The smallest absolute Gasteiger partial charge is 0.319 e. The Morgan fingerprint density at radius 1 is 0.516 bits per heavy atom. The van der Waals surface area contributed by atoms with Gasteiger partial charge < -0.3 is 14.2 Å². The Morgan fingerprint density at radius 3 is 1.00 bits per heavy atom. The molecule has 0 spiro atoms. The van der Waals surface area contributed by atoms with Crippen LogP contribution in [0, 0.1) is 35.2 Å². The lowest BCUT2D eigenvalue weighted by atomic mass is 9.79. The number of likely N-dealkylation sites (tertiary alicyclic amines) is 3. The van der Waals surface area contributed by atoms with Crippen LogP contribution in [0.15, 0.2) is 72.8 Å². The lowest BCUT2D eigenvalue weighted by Gasteiger charge is -2.33. The minimum Gasteiger partial charge on any atom is -0.468 e. The molecule has 3 heterocycles. The second-order valence-electron chi connectivity index (χ2n) is 14.7. The van der Waals surface area contributed by atoms with Gasteiger partial charge in [0.1, 0.15) is 41.8 Å². The molecule has 342 valence electrons. The summed E-state index contributed by atoms with van der Waals surface area (Å²) in [7, 11) is 6.32. The normalized spacial score (nSPS) is 22.5. The number of ether oxygens (including phenoxy) is 3. The van der Waals surface area contributed by atoms with Crippen LogP contribution in [0.4, 0.5) is 13.2 Å². The molecule has 3 aliphatic rings. The largest absolute Gasteiger partial charge is 0.468 e. The van der Waals surface area contributed by atoms with E-state index in [1.54, 1.807) is 0 Å². The van der Waals surface area contributed by atoms with Gasteiger partial charge in [0.2, 0.25) is 39.2 Å². The van der Waals surface area contributed by atoms with Crippen LogP contribution in [0.3, 0.4) is 0 Å². The first-order valence-electron chi connectivity index (χ1n) is 19.1. The number of rotatable bonds is 7. The summed E-state index contributed by atoms with van der Waals surface area (Å²) in [5.74, 6) is -12.1. The lowest BCUT2D eigenvalue weighted by Crippen LogP contribution is -2.49. The average molecular weight is 955 g/mol. The molecule has 0 N–H and O–H groups in total. The Kier molecular flexibility index (Phi) is 17.2. The molecule has 0 bridgehead atoms. The summed E-state index contributed by atoms with van der Waals surface area (Å²) in [6.07, 6.45) is -0.0807. The number of nitrogens with zero attached hydrogens (tertiary/aromatic N) is 3. The Morgan fingerprint density at radius 2 is 0.766 bits per heavy atom. The molecular weight excluding hydrogens is 914 g/mol. The molecule has 3 saturated heterocycles. The van der Waals surface area contributed by atoms with Crippen molar-refractivity contribution in [1.82, 2.24) is 14.7 Å². The zero-order valence-corrected chi connectivity index (χ0v) is 37.0. The van der Waals surface area contributed by atoms with Gasteiger partial charge in [-0.25, -0.2) is 13.2 Å². The van der Waals surface area contributed by atoms with Gasteiger partial charge in [-0.3, -0.25) is 57.9 Å². The number of carbonyl (C=O) groups is 9. The van der Waals surface area contributed by atoms with E-state index in [4.69, 9.17) is 39.5 Å². The van der Waals surface area contributed by atoms with Gasteiger partial charge in [0.05, 0.1) is 14.2 Å². The minimum atomic E-state index is -1.82. The zero-order valence-electron chi connectivity index (χ0n) is 34.7. The Balaban J connectivity index is 0.000000212. The summed E-state index contributed by atoms with van der Waals surface area (Å²) in [4.78, 5) is 111. The van der Waals surface area contributed by atoms with E-state index in [-0.39, 0.29) is 31.1 Å². The summed E-state index contributed by atoms with van der Waals surface area (Å²) in [6.45, 7) is -0.534. The van der Waals surface area contributed by atoms with Crippen LogP contribution in [0.1, 0.15) is 53.7 Å². The minimum absolute atomic E-state index is 0.00758. The highest BCUT2D eigenvalue weighted by Gasteiger charge is 2.48. The van der Waals surface area contributed by atoms with E-state index in [0.29, 0.717) is 16.7 Å². The number of amides is 6. The van der Waals surface area contributed by atoms with Gasteiger partial charge in [-0.15, -0.1) is 0 Å². The number of halogens is 6. The van der Waals surface area contributed by atoms with E-state index in [0.717, 1.165) is 14.7 Å². The third-order valence-corrected chi connectivity index (χ3v) is 11.1. The molecule has 6 rings (SSSR count). The highest BCUT2D eigenvalue weighted by atomic mass is 35.6. The average Bonchev–Trinajstić information content (AvgIpc) is 3.26. The van der Waals surface area contributed by atoms with Gasteiger partial charge in [0, 0.05) is 58.2 Å². The molecule has 3 aromatic rings. The van der Waals surface area contributed by atoms with E-state index in [1.165, 1.54) is 108 Å². The van der Waals surface area contributed by atoms with Crippen LogP contribution in [0.25, 0.3) is 0 Å². The summed E-state index contributed by atoms with van der Waals surface area (Å²) < 4.78 is 51.4. The maximum atomic E-state index is 13.1. The van der Waals surface area contributed by atoms with Crippen molar-refractivity contribution in [3.05, 3.63) is 107 Å². The molecular formula is C43H41Cl3F3N3O12. The Hall–Kier alpha value is -5.85. The molecule has 0 radical (unpaired) electrons. The number of hydrogen-bond acceptors (Lipinski definition) is 12. The molecule has 3 fully saturated rings. The Bertz CT molecular complexity index is 2180. The maximum absolute atomic E-state index is 13.1. The lowest BCUT2D eigenvalue weighted by molar-refractivity contribution is -0.164. The first-order chi connectivity index (χ1) is 30.0. The van der Waals surface area contributed by atoms with Gasteiger partial charge in [0.25, 0.3) is 0 Å². The maximum Gasteiger partial charge on any atom is 0.319 e. The van der Waals surface area contributed by atoms with Crippen LogP contribution in [0.2, 0.25) is 0 Å². The fourth-order valence-electron chi connectivity index (χ4n) is 7.19. The molecule has 0 aliphatic carbocycles. The molecule has 0 aromatic heterocycles. The molecule has 0 saturated carbocycles. The van der Waals surface area contributed by atoms with Crippen LogP contribution < -0.4 is 0 Å². The fourth-order valence-corrected chi connectivity index (χ4v) is 7.36. The summed E-state index contributed by atoms with van der Waals surface area (Å²) in [6, 6.07) is 16.0. The van der Waals surface area contributed by atoms with Crippen molar-refractivity contribution in [3.63, 3.8) is 0 Å². The third kappa shape index (κ3) is 12.2. The van der Waals surface area contributed by atoms with Crippen LogP contribution in [-0.4, -0.2) is 114 Å². The topological polar surface area (TPSA) is 191 Å². The van der Waals surface area contributed by atoms with E-state index in [9.17, 15) is 56.3 Å². The van der Waals surface area contributed by atoms with E-state index < -0.39 is 105 Å². The van der Waals surface area contributed by atoms with Crippen molar-refractivity contribution in [2.24, 2.45) is 17.8 Å². The number of imide groups is 3. The van der Waals surface area contributed by atoms with Gasteiger partial charge in [-0.05, 0) is 53.1 Å². The number of piperidine rings is 3. The molecule has 64 heavy (non-hydrogen) atoms. The number of alkyl halides is 3. The van der Waals surface area contributed by atoms with Gasteiger partial charge >= 0.3 is 17.9 Å². The summed E-state index contributed by atoms with van der Waals surface area (Å²) in [5.41, 5.74) is 1.61. The SMILES string of the molecule is CN1C(=O)CC(c2ccc(F)cc2)C(C(=O)OCC(Cl)(Cl)Cl)C1=O.COC(=O)C1C(=O)N(C)C(=O)CC1c1ccc(F)cc1.COC(=O)C1C(=O)N(C)C(=O)CC1c1ccc(F)cc1. The number of benzene rings is 3. The van der Waals surface area contributed by atoms with Crippen molar-refractivity contribution in [2.75, 3.05) is 42.0 Å². The van der Waals surface area contributed by atoms with Crippen LogP contribution in [-0.2, 0) is 57.4 Å². The van der Waals surface area contributed by atoms with Crippen molar-refractivity contribution >= 4 is 88.2 Å². The first kappa shape index (κ1) is 50.8. The highest BCUT2D eigenvalue weighted by Crippen LogP contribution is 2.38. The number of hydrogen-bond donors (Lipinski definition) is 0. The quantitative estimate of drug-likeness (QED) is 0.101. The third-order valence-electron chi connectivity index (χ3n) is 10.7. The van der Waals surface area contributed by atoms with Gasteiger partial charge in [-0.2, -0.15) is 0 Å². The van der Waals surface area contributed by atoms with Crippen molar-refractivity contribution in [3.8, 4) is 0 Å². The zero-order chi connectivity index (χ0) is 47.8. The first-order valence-corrected chi connectivity index (χ1v) is 20.2. The second kappa shape index (κ2) is 21.7. The molecule has 6 amide bonds. The van der Waals surface area contributed by atoms with Crippen LogP contribution >= 0.6 is 34.8 Å². The molecule has 21 heteroatoms. The molecule has 6 atom stereocenters. The number of esters is 3. The monoisotopic (exact) mass is 953 g/mol. The molecule has 15 nitrogen and oxygen atoms in total. The molecule has 3 aliphatic heterocycles. The van der Waals surface area contributed by atoms with E-state index >= 15 is 0 Å². The van der Waals surface area contributed by atoms with Crippen molar-refractivity contribution in [1.29, 1.82) is 0 Å². The summed E-state index contributed by atoms with van der Waals surface area (Å²) >= 11 is 16.6.